The number of fused-ring (bicyclic) bond motifs is 1. The fourth-order valence-electron chi connectivity index (χ4n) is 3.82. The van der Waals surface area contributed by atoms with Gasteiger partial charge in [0, 0.05) is 18.1 Å². The van der Waals surface area contributed by atoms with Gasteiger partial charge in [-0.1, -0.05) is 54.6 Å². The second kappa shape index (κ2) is 14.0. The van der Waals surface area contributed by atoms with Gasteiger partial charge < -0.3 is 18.9 Å². The maximum atomic E-state index is 13.5. The van der Waals surface area contributed by atoms with Crippen molar-refractivity contribution >= 4 is 30.7 Å². The summed E-state index contributed by atoms with van der Waals surface area (Å²) in [5.41, 5.74) is 2.55. The molecular formula is C29H31N2O8P. The second-order valence-corrected chi connectivity index (χ2v) is 10.7. The first kappa shape index (κ1) is 29.2. The minimum absolute atomic E-state index is 0.195. The molecule has 4 aromatic rings. The van der Waals surface area contributed by atoms with Gasteiger partial charge in [0.25, 0.3) is 0 Å². The van der Waals surface area contributed by atoms with E-state index >= 15 is 0 Å². The summed E-state index contributed by atoms with van der Waals surface area (Å²) in [6, 6.07) is 24.3. The van der Waals surface area contributed by atoms with Crippen molar-refractivity contribution in [1.29, 1.82) is 0 Å². The molecule has 210 valence electrons. The molecule has 0 N–H and O–H groups in total. The van der Waals surface area contributed by atoms with Crippen LogP contribution in [0.5, 0.6) is 0 Å². The minimum atomic E-state index is -4.36. The highest BCUT2D eigenvalue weighted by atomic mass is 31.2. The van der Waals surface area contributed by atoms with Crippen LogP contribution in [-0.2, 0) is 40.8 Å². The van der Waals surface area contributed by atoms with E-state index in [-0.39, 0.29) is 6.73 Å². The van der Waals surface area contributed by atoms with Crippen molar-refractivity contribution in [2.45, 2.75) is 13.2 Å². The lowest BCUT2D eigenvalue weighted by Crippen LogP contribution is -2.15. The van der Waals surface area contributed by atoms with Crippen molar-refractivity contribution in [3.05, 3.63) is 108 Å². The molecule has 0 bridgehead atoms. The van der Waals surface area contributed by atoms with Gasteiger partial charge in [-0.3, -0.25) is 4.52 Å². The van der Waals surface area contributed by atoms with Crippen LogP contribution in [0.1, 0.15) is 26.3 Å². The van der Waals surface area contributed by atoms with E-state index in [0.717, 1.165) is 29.4 Å². The van der Waals surface area contributed by atoms with Crippen LogP contribution in [0, 0.1) is 0 Å². The summed E-state index contributed by atoms with van der Waals surface area (Å²) in [5.74, 6) is -1.35. The molecule has 0 radical (unpaired) electrons. The van der Waals surface area contributed by atoms with E-state index in [1.54, 1.807) is 65.2 Å². The summed E-state index contributed by atoms with van der Waals surface area (Å²) in [6.07, 6.45) is 2.72. The van der Waals surface area contributed by atoms with Crippen molar-refractivity contribution in [1.82, 2.24) is 9.47 Å². The maximum absolute atomic E-state index is 13.5. The van der Waals surface area contributed by atoms with Crippen LogP contribution in [-0.4, -0.2) is 55.6 Å². The molecule has 0 atom stereocenters. The lowest BCUT2D eigenvalue weighted by atomic mass is 10.1. The molecule has 0 aliphatic rings. The standard InChI is InChI=1S/C29H31N2O8P/c1-30(2)18-17-25-19-31(27-16-10-9-15-26(25)27)20-37-40(34,38-21-35-28(32)23-11-5-3-6-12-23)39-22-36-29(33)24-13-7-4-8-14-24/h3-16,19H,17-18,20-22H2,1-2H3. The third-order valence-corrected chi connectivity index (χ3v) is 7.15. The Hall–Kier alpha value is -3.79. The van der Waals surface area contributed by atoms with Gasteiger partial charge in [0.05, 0.1) is 16.6 Å². The molecule has 0 unspecified atom stereocenters. The molecule has 0 spiro atoms. The first-order chi connectivity index (χ1) is 19.3. The average Bonchev–Trinajstić information content (AvgIpc) is 3.33. The topological polar surface area (TPSA) is 106 Å². The van der Waals surface area contributed by atoms with E-state index in [0.29, 0.717) is 11.1 Å². The SMILES string of the molecule is CN(C)CCc1cn(COP(=O)(OCOC(=O)c2ccccc2)OCOC(=O)c2ccccc2)c2ccccc12. The van der Waals surface area contributed by atoms with Gasteiger partial charge in [0.2, 0.25) is 13.6 Å². The average molecular weight is 567 g/mol. The van der Waals surface area contributed by atoms with Gasteiger partial charge in [-0.25, -0.2) is 23.2 Å². The number of carbonyl (C=O) groups is 2. The number of carbonyl (C=O) groups excluding carboxylic acids is 2. The summed E-state index contributed by atoms with van der Waals surface area (Å²) in [6.45, 7) is -0.769. The molecule has 0 aliphatic carbocycles. The number of likely N-dealkylation sites (N-methyl/N-ethyl adjacent to an activating group) is 1. The molecule has 10 nitrogen and oxygen atoms in total. The zero-order valence-electron chi connectivity index (χ0n) is 22.3. The van der Waals surface area contributed by atoms with Crippen LogP contribution in [0.25, 0.3) is 10.9 Å². The predicted octanol–water partition coefficient (Wildman–Crippen LogP) is 5.49. The Morgan fingerprint density at radius 1 is 0.750 bits per heavy atom. The number of aromatic nitrogens is 1. The molecule has 1 aromatic heterocycles. The van der Waals surface area contributed by atoms with Crippen LogP contribution < -0.4 is 0 Å². The van der Waals surface area contributed by atoms with E-state index in [9.17, 15) is 14.2 Å². The van der Waals surface area contributed by atoms with Crippen molar-refractivity contribution in [2.24, 2.45) is 0 Å². The van der Waals surface area contributed by atoms with Gasteiger partial charge in [-0.15, -0.1) is 0 Å². The molecule has 0 saturated carbocycles. The van der Waals surface area contributed by atoms with Gasteiger partial charge >= 0.3 is 19.8 Å². The Kier molecular flexibility index (Phi) is 10.2. The van der Waals surface area contributed by atoms with Crippen LogP contribution in [0.4, 0.5) is 0 Å². The monoisotopic (exact) mass is 566 g/mol. The Morgan fingerprint density at radius 3 is 1.82 bits per heavy atom. The highest BCUT2D eigenvalue weighted by Crippen LogP contribution is 2.50. The molecule has 4 rings (SSSR count). The lowest BCUT2D eigenvalue weighted by molar-refractivity contribution is -0.0297. The summed E-state index contributed by atoms with van der Waals surface area (Å²) in [7, 11) is -0.359. The second-order valence-electron chi connectivity index (χ2n) is 8.99. The van der Waals surface area contributed by atoms with Crippen molar-refractivity contribution in [2.75, 3.05) is 34.2 Å². The normalized spacial score (nSPS) is 11.6. The number of phosphoric acid groups is 1. The Bertz CT molecular complexity index is 1400. The highest BCUT2D eigenvalue weighted by molar-refractivity contribution is 7.48. The number of hydrogen-bond acceptors (Lipinski definition) is 9. The first-order valence-electron chi connectivity index (χ1n) is 12.5. The zero-order valence-corrected chi connectivity index (χ0v) is 23.2. The molecule has 0 aliphatic heterocycles. The predicted molar refractivity (Wildman–Crippen MR) is 149 cm³/mol. The van der Waals surface area contributed by atoms with Crippen LogP contribution in [0.15, 0.2) is 91.1 Å². The van der Waals surface area contributed by atoms with E-state index in [1.807, 2.05) is 44.6 Å². The molecule has 0 saturated heterocycles. The van der Waals surface area contributed by atoms with Crippen molar-refractivity contribution < 1.29 is 37.2 Å². The van der Waals surface area contributed by atoms with Crippen LogP contribution in [0.3, 0.4) is 0 Å². The number of nitrogens with zero attached hydrogens (tertiary/aromatic N) is 2. The maximum Gasteiger partial charge on any atom is 0.482 e. The third-order valence-electron chi connectivity index (χ3n) is 5.88. The molecule has 0 fully saturated rings. The van der Waals surface area contributed by atoms with Gasteiger partial charge in [-0.05, 0) is 56.4 Å². The number of esters is 2. The largest absolute Gasteiger partial charge is 0.482 e. The van der Waals surface area contributed by atoms with Crippen molar-refractivity contribution in [3.8, 4) is 0 Å². The highest BCUT2D eigenvalue weighted by Gasteiger charge is 2.29. The van der Waals surface area contributed by atoms with Gasteiger partial charge in [0.1, 0.15) is 6.73 Å². The molecule has 3 aromatic carbocycles. The van der Waals surface area contributed by atoms with E-state index in [2.05, 4.69) is 4.90 Å². The fraction of sp³-hybridized carbons (Fsp3) is 0.241. The van der Waals surface area contributed by atoms with E-state index in [4.69, 9.17) is 23.0 Å². The summed E-state index contributed by atoms with van der Waals surface area (Å²) >= 11 is 0. The van der Waals surface area contributed by atoms with Gasteiger partial charge in [-0.2, -0.15) is 0 Å². The Labute approximate surface area is 232 Å². The number of ether oxygens (including phenoxy) is 2. The summed E-state index contributed by atoms with van der Waals surface area (Å²) in [4.78, 5) is 26.6. The number of phosphoric ester groups is 1. The van der Waals surface area contributed by atoms with Gasteiger partial charge in [0.15, 0.2) is 0 Å². The van der Waals surface area contributed by atoms with Crippen LogP contribution in [0.2, 0.25) is 0 Å². The molecule has 1 heterocycles. The molecule has 0 amide bonds. The van der Waals surface area contributed by atoms with E-state index in [1.165, 1.54) is 0 Å². The Balaban J connectivity index is 1.44. The quantitative estimate of drug-likeness (QED) is 0.111. The molecule has 40 heavy (non-hydrogen) atoms. The summed E-state index contributed by atoms with van der Waals surface area (Å²) in [5, 5.41) is 1.04. The lowest BCUT2D eigenvalue weighted by Gasteiger charge is -2.18. The number of benzene rings is 3. The zero-order chi connectivity index (χ0) is 28.4. The minimum Gasteiger partial charge on any atom is -0.434 e. The summed E-state index contributed by atoms with van der Waals surface area (Å²) < 4.78 is 41.7. The fourth-order valence-corrected chi connectivity index (χ4v) is 4.67. The Morgan fingerprint density at radius 2 is 1.27 bits per heavy atom. The number of para-hydroxylation sites is 1. The third kappa shape index (κ3) is 8.11. The molecule has 11 heteroatoms. The number of hydrogen-bond donors (Lipinski definition) is 0. The molecular weight excluding hydrogens is 535 g/mol. The first-order valence-corrected chi connectivity index (χ1v) is 14.0. The van der Waals surface area contributed by atoms with Crippen LogP contribution >= 0.6 is 7.82 Å². The smallest absolute Gasteiger partial charge is 0.434 e. The van der Waals surface area contributed by atoms with Crippen molar-refractivity contribution in [3.63, 3.8) is 0 Å². The number of rotatable bonds is 14. The van der Waals surface area contributed by atoms with E-state index < -0.39 is 33.3 Å².